The van der Waals surface area contributed by atoms with E-state index in [-0.39, 0.29) is 30.9 Å². The first kappa shape index (κ1) is 30.8. The number of ether oxygens (including phenoxy) is 2. The molecule has 3 amide bonds. The van der Waals surface area contributed by atoms with Gasteiger partial charge in [-0.25, -0.2) is 0 Å². The molecule has 3 heterocycles. The normalized spacial score (nSPS) is 28.0. The molecule has 41 heavy (non-hydrogen) atoms. The van der Waals surface area contributed by atoms with Crippen LogP contribution in [0.15, 0.2) is 49.6 Å². The molecule has 5 atom stereocenters. The van der Waals surface area contributed by atoms with Crippen LogP contribution in [0.3, 0.4) is 0 Å². The molecule has 1 aromatic rings. The van der Waals surface area contributed by atoms with Crippen molar-refractivity contribution >= 4 is 23.4 Å². The van der Waals surface area contributed by atoms with Gasteiger partial charge in [0.05, 0.1) is 24.5 Å². The van der Waals surface area contributed by atoms with Crippen LogP contribution in [0.5, 0.6) is 5.75 Å². The Morgan fingerprint density at radius 2 is 1.78 bits per heavy atom. The van der Waals surface area contributed by atoms with Crippen molar-refractivity contribution in [2.24, 2.45) is 11.8 Å². The summed E-state index contributed by atoms with van der Waals surface area (Å²) in [5.74, 6) is -1.28. The number of benzene rings is 1. The highest BCUT2D eigenvalue weighted by molar-refractivity contribution is 6.05. The van der Waals surface area contributed by atoms with Crippen LogP contribution in [0.4, 0.5) is 5.69 Å². The summed E-state index contributed by atoms with van der Waals surface area (Å²) in [6, 6.07) is 6.37. The third kappa shape index (κ3) is 5.30. The molecule has 4 rings (SSSR count). The van der Waals surface area contributed by atoms with Crippen molar-refractivity contribution < 1.29 is 29.0 Å². The van der Waals surface area contributed by atoms with Crippen molar-refractivity contribution in [2.45, 2.75) is 69.1 Å². The fourth-order valence-corrected chi connectivity index (χ4v) is 7.24. The molecule has 3 aliphatic heterocycles. The Kier molecular flexibility index (Phi) is 9.59. The largest absolute Gasteiger partial charge is 0.497 e. The van der Waals surface area contributed by atoms with Gasteiger partial charge in [0.25, 0.3) is 5.91 Å². The Labute approximate surface area is 243 Å². The number of methoxy groups -OCH3 is 1. The molecule has 1 N–H and O–H groups in total. The number of amides is 3. The Morgan fingerprint density at radius 1 is 1.10 bits per heavy atom. The molecule has 224 valence electrons. The molecular formula is C32H45N3O6. The van der Waals surface area contributed by atoms with Crippen molar-refractivity contribution in [3.8, 4) is 5.75 Å². The topological polar surface area (TPSA) is 99.6 Å². The number of hydrogen-bond acceptors (Lipinski definition) is 6. The van der Waals surface area contributed by atoms with Crippen LogP contribution in [0.25, 0.3) is 0 Å². The lowest BCUT2D eigenvalue weighted by Gasteiger charge is -2.37. The Bertz CT molecular complexity index is 1140. The highest BCUT2D eigenvalue weighted by Crippen LogP contribution is 2.64. The van der Waals surface area contributed by atoms with Crippen molar-refractivity contribution in [1.29, 1.82) is 0 Å². The molecule has 0 radical (unpaired) electrons. The number of fused-ring (bicyclic) bond motifs is 1. The van der Waals surface area contributed by atoms with Crippen LogP contribution in [0, 0.1) is 11.8 Å². The first-order valence-corrected chi connectivity index (χ1v) is 14.8. The number of carbonyl (C=O) groups excluding carboxylic acids is 3. The maximum Gasteiger partial charge on any atom is 0.253 e. The molecule has 2 bridgehead atoms. The lowest BCUT2D eigenvalue weighted by molar-refractivity contribution is -0.150. The highest BCUT2D eigenvalue weighted by atomic mass is 16.5. The number of unbranched alkanes of at least 4 members (excludes halogenated alkanes) is 3. The Balaban J connectivity index is 1.76. The van der Waals surface area contributed by atoms with Gasteiger partial charge in [0.2, 0.25) is 11.8 Å². The summed E-state index contributed by atoms with van der Waals surface area (Å²) in [6.45, 7) is 10.8. The molecular weight excluding hydrogens is 522 g/mol. The van der Waals surface area contributed by atoms with E-state index >= 15 is 0 Å². The second kappa shape index (κ2) is 12.8. The minimum absolute atomic E-state index is 0.127. The average Bonchev–Trinajstić information content (AvgIpc) is 3.59. The minimum atomic E-state index is -1.09. The number of aliphatic hydroxyl groups is 1. The third-order valence-corrected chi connectivity index (χ3v) is 9.23. The summed E-state index contributed by atoms with van der Waals surface area (Å²) >= 11 is 0. The monoisotopic (exact) mass is 567 g/mol. The number of nitrogens with zero attached hydrogens (tertiary/aromatic N) is 3. The number of carbonyl (C=O) groups is 3. The van der Waals surface area contributed by atoms with Crippen LogP contribution < -0.4 is 9.64 Å². The second-order valence-corrected chi connectivity index (χ2v) is 11.4. The number of likely N-dealkylation sites (N-methyl/N-ethyl adjacent to an activating group) is 1. The van der Waals surface area contributed by atoms with Gasteiger partial charge in [-0.05, 0) is 56.4 Å². The van der Waals surface area contributed by atoms with E-state index in [2.05, 4.69) is 13.2 Å². The van der Waals surface area contributed by atoms with E-state index in [1.54, 1.807) is 53.1 Å². The molecule has 9 heteroatoms. The standard InChI is InChI=1S/C32H45N3O6/c1-6-19-33(4)28(37)25-26-29(38)35(21-11-9-10-12-22-36)27(32(26)18-17-31(25,8-3)41-32)30(39)34(20-7-2)23-13-15-24(40-5)16-14-23/h6-7,13-16,25-27,36H,1-2,8-12,17-22H2,3-5H3/t25-,26+,27?,31+,32?/m1/s1. The predicted octanol–water partition coefficient (Wildman–Crippen LogP) is 3.57. The Hall–Kier alpha value is -3.17. The SMILES string of the molecule is C=CCN(C)C(=O)[C@H]1[C@H]2C(=O)N(CCCCCCO)C(C(=O)N(CC=C)c3ccc(OC)cc3)C23CC[C@]1(CC)O3. The van der Waals surface area contributed by atoms with Gasteiger partial charge in [-0.3, -0.25) is 14.4 Å². The smallest absolute Gasteiger partial charge is 0.253 e. The van der Waals surface area contributed by atoms with Gasteiger partial charge in [0, 0.05) is 39.0 Å². The minimum Gasteiger partial charge on any atom is -0.497 e. The summed E-state index contributed by atoms with van der Waals surface area (Å²) in [4.78, 5) is 47.8. The van der Waals surface area contributed by atoms with Gasteiger partial charge in [-0.2, -0.15) is 0 Å². The lowest BCUT2D eigenvalue weighted by Crippen LogP contribution is -2.56. The van der Waals surface area contributed by atoms with E-state index in [0.717, 1.165) is 12.8 Å². The van der Waals surface area contributed by atoms with E-state index < -0.39 is 29.1 Å². The molecule has 0 aromatic heterocycles. The fraction of sp³-hybridized carbons (Fsp3) is 0.594. The van der Waals surface area contributed by atoms with Crippen molar-refractivity contribution in [2.75, 3.05) is 45.3 Å². The Morgan fingerprint density at radius 3 is 2.39 bits per heavy atom. The fourth-order valence-electron chi connectivity index (χ4n) is 7.24. The van der Waals surface area contributed by atoms with E-state index in [1.807, 2.05) is 19.1 Å². The quantitative estimate of drug-likeness (QED) is 0.257. The first-order valence-electron chi connectivity index (χ1n) is 14.8. The number of likely N-dealkylation sites (tertiary alicyclic amines) is 1. The van der Waals surface area contributed by atoms with Crippen molar-refractivity contribution in [3.63, 3.8) is 0 Å². The molecule has 0 saturated carbocycles. The zero-order valence-electron chi connectivity index (χ0n) is 24.7. The van der Waals surface area contributed by atoms with E-state index in [4.69, 9.17) is 9.47 Å². The number of rotatable bonds is 15. The summed E-state index contributed by atoms with van der Waals surface area (Å²) in [5, 5.41) is 9.19. The zero-order valence-corrected chi connectivity index (χ0v) is 24.7. The average molecular weight is 568 g/mol. The summed E-state index contributed by atoms with van der Waals surface area (Å²) in [5.41, 5.74) is -1.21. The molecule has 9 nitrogen and oxygen atoms in total. The molecule has 3 aliphatic rings. The number of hydrogen-bond donors (Lipinski definition) is 1. The second-order valence-electron chi connectivity index (χ2n) is 11.4. The number of anilines is 1. The maximum absolute atomic E-state index is 14.6. The van der Waals surface area contributed by atoms with Gasteiger partial charge < -0.3 is 29.3 Å². The summed E-state index contributed by atoms with van der Waals surface area (Å²) < 4.78 is 12.2. The molecule has 3 fully saturated rings. The maximum atomic E-state index is 14.6. The van der Waals surface area contributed by atoms with Crippen LogP contribution >= 0.6 is 0 Å². The molecule has 1 spiro atoms. The predicted molar refractivity (Wildman–Crippen MR) is 157 cm³/mol. The summed E-state index contributed by atoms with van der Waals surface area (Å²) in [6.07, 6.45) is 8.11. The lowest BCUT2D eigenvalue weighted by atomic mass is 9.64. The van der Waals surface area contributed by atoms with E-state index in [0.29, 0.717) is 56.6 Å². The van der Waals surface area contributed by atoms with Gasteiger partial charge in [0.15, 0.2) is 0 Å². The van der Waals surface area contributed by atoms with Crippen LogP contribution in [0.2, 0.25) is 0 Å². The highest BCUT2D eigenvalue weighted by Gasteiger charge is 2.78. The summed E-state index contributed by atoms with van der Waals surface area (Å²) in [7, 11) is 3.31. The molecule has 3 saturated heterocycles. The third-order valence-electron chi connectivity index (χ3n) is 9.23. The van der Waals surface area contributed by atoms with Gasteiger partial charge in [-0.15, -0.1) is 13.2 Å². The van der Waals surface area contributed by atoms with Crippen LogP contribution in [-0.4, -0.2) is 90.3 Å². The van der Waals surface area contributed by atoms with E-state index in [9.17, 15) is 19.5 Å². The van der Waals surface area contributed by atoms with Gasteiger partial charge in [-0.1, -0.05) is 31.9 Å². The van der Waals surface area contributed by atoms with Crippen LogP contribution in [-0.2, 0) is 19.1 Å². The van der Waals surface area contributed by atoms with Gasteiger partial charge >= 0.3 is 0 Å². The zero-order chi connectivity index (χ0) is 29.8. The van der Waals surface area contributed by atoms with Crippen molar-refractivity contribution in [3.05, 3.63) is 49.6 Å². The van der Waals surface area contributed by atoms with Crippen LogP contribution in [0.1, 0.15) is 51.9 Å². The molecule has 1 aromatic carbocycles. The molecule has 2 unspecified atom stereocenters. The van der Waals surface area contributed by atoms with E-state index in [1.165, 1.54) is 0 Å². The number of aliphatic hydroxyl groups excluding tert-OH is 1. The van der Waals surface area contributed by atoms with Crippen molar-refractivity contribution in [1.82, 2.24) is 9.80 Å². The van der Waals surface area contributed by atoms with Gasteiger partial charge in [0.1, 0.15) is 17.4 Å². The first-order chi connectivity index (χ1) is 19.7. The molecule has 0 aliphatic carbocycles.